The van der Waals surface area contributed by atoms with Crippen LogP contribution in [0, 0.1) is 5.92 Å². The molecule has 1 aliphatic rings. The summed E-state index contributed by atoms with van der Waals surface area (Å²) in [6.45, 7) is 4.13. The van der Waals surface area contributed by atoms with Gasteiger partial charge in [0.15, 0.2) is 0 Å². The maximum atomic E-state index is 13.1. The van der Waals surface area contributed by atoms with Crippen molar-refractivity contribution in [1.29, 1.82) is 0 Å². The number of rotatable bonds is 7. The van der Waals surface area contributed by atoms with Gasteiger partial charge in [-0.25, -0.2) is 4.79 Å². The molecular weight excluding hydrogens is 477 g/mol. The van der Waals surface area contributed by atoms with Crippen LogP contribution in [0.1, 0.15) is 16.8 Å². The number of hydrogen-bond acceptors (Lipinski definition) is 5. The summed E-state index contributed by atoms with van der Waals surface area (Å²) in [5.41, 5.74) is 0.419. The van der Waals surface area contributed by atoms with E-state index in [-0.39, 0.29) is 24.1 Å². The summed E-state index contributed by atoms with van der Waals surface area (Å²) in [5.74, 6) is 0.0720. The molecule has 3 N–H and O–H groups in total. The molecule has 36 heavy (non-hydrogen) atoms. The molecule has 11 heteroatoms. The summed E-state index contributed by atoms with van der Waals surface area (Å²) < 4.78 is 45.2. The second-order valence-corrected chi connectivity index (χ2v) is 8.33. The molecule has 0 saturated heterocycles. The van der Waals surface area contributed by atoms with E-state index in [9.17, 15) is 27.6 Å². The number of nitrogens with one attached hydrogen (secondary N) is 3. The van der Waals surface area contributed by atoms with Crippen molar-refractivity contribution in [2.75, 3.05) is 18.0 Å². The van der Waals surface area contributed by atoms with Crippen molar-refractivity contribution in [3.05, 3.63) is 98.8 Å². The Balaban J connectivity index is 1.67. The van der Waals surface area contributed by atoms with E-state index in [2.05, 4.69) is 21.9 Å². The molecule has 188 valence electrons. The number of alkyl halides is 3. The van der Waals surface area contributed by atoms with Gasteiger partial charge in [0, 0.05) is 36.1 Å². The number of benzene rings is 2. The van der Waals surface area contributed by atoms with E-state index in [1.54, 1.807) is 12.1 Å². The molecule has 0 spiro atoms. The lowest BCUT2D eigenvalue weighted by atomic mass is 9.91. The molecule has 0 bridgehead atoms. The van der Waals surface area contributed by atoms with Gasteiger partial charge in [0.2, 0.25) is 5.91 Å². The fraction of sp³-hybridized carbons (Fsp3) is 0.240. The molecule has 1 amide bonds. The van der Waals surface area contributed by atoms with Gasteiger partial charge in [0.05, 0.1) is 11.3 Å². The molecule has 1 aliphatic heterocycles. The highest BCUT2D eigenvalue weighted by Crippen LogP contribution is 2.41. The van der Waals surface area contributed by atoms with Crippen molar-refractivity contribution >= 4 is 17.3 Å². The van der Waals surface area contributed by atoms with Crippen molar-refractivity contribution in [3.63, 3.8) is 0 Å². The third-order valence-electron chi connectivity index (χ3n) is 5.79. The zero-order valence-corrected chi connectivity index (χ0v) is 19.0. The molecule has 0 fully saturated rings. The zero-order chi connectivity index (χ0) is 25.9. The highest BCUT2D eigenvalue weighted by atomic mass is 19.4. The minimum absolute atomic E-state index is 0.0756. The average Bonchev–Trinajstić information content (AvgIpc) is 2.84. The van der Waals surface area contributed by atoms with E-state index in [1.165, 1.54) is 24.3 Å². The van der Waals surface area contributed by atoms with Crippen LogP contribution < -0.4 is 26.2 Å². The third kappa shape index (κ3) is 5.68. The smallest absolute Gasteiger partial charge is 0.416 e. The molecule has 0 saturated carbocycles. The number of ether oxygens (including phenoxy) is 1. The maximum absolute atomic E-state index is 13.1. The Morgan fingerprint density at radius 1 is 1.17 bits per heavy atom. The number of halogens is 3. The number of nitrogens with zero attached hydrogens (tertiary/aromatic N) is 1. The fourth-order valence-electron chi connectivity index (χ4n) is 4.14. The van der Waals surface area contributed by atoms with Crippen LogP contribution in [0.4, 0.5) is 24.5 Å². The van der Waals surface area contributed by atoms with Gasteiger partial charge < -0.3 is 19.9 Å². The van der Waals surface area contributed by atoms with Gasteiger partial charge in [0.25, 0.3) is 5.56 Å². The standard InChI is InChI=1S/C25H23F3N4O4/c1-2-22(33)29-12-15-10-19-20(32(13-15)18-8-6-16(7-9-18)25(26,27)28)4-3-5-21(19)36-14-17-11-23(34)31-24(35)30-17/h2-9,11,15H,1,10,12-14H2,(H,29,33)(H2,30,31,34,35). The van der Waals surface area contributed by atoms with Crippen LogP contribution in [0.2, 0.25) is 0 Å². The largest absolute Gasteiger partial charge is 0.487 e. The minimum atomic E-state index is -4.45. The SMILES string of the molecule is C=CC(=O)NCC1Cc2c(OCc3cc(=O)[nH]c(=O)[nH]3)cccc2N(c2ccc(C(F)(F)F)cc2)C1. The van der Waals surface area contributed by atoms with Crippen LogP contribution in [0.15, 0.2) is 70.8 Å². The number of carbonyl (C=O) groups excluding carboxylic acids is 1. The van der Waals surface area contributed by atoms with Crippen LogP contribution in [-0.2, 0) is 24.0 Å². The monoisotopic (exact) mass is 500 g/mol. The van der Waals surface area contributed by atoms with E-state index in [0.717, 1.165) is 23.4 Å². The lowest BCUT2D eigenvalue weighted by Gasteiger charge is -2.37. The van der Waals surface area contributed by atoms with Gasteiger partial charge in [0.1, 0.15) is 12.4 Å². The minimum Gasteiger partial charge on any atom is -0.487 e. The molecule has 4 rings (SSSR count). The van der Waals surface area contributed by atoms with Gasteiger partial charge in [-0.3, -0.25) is 14.6 Å². The molecule has 8 nitrogen and oxygen atoms in total. The topological polar surface area (TPSA) is 107 Å². The van der Waals surface area contributed by atoms with Crippen molar-refractivity contribution < 1.29 is 22.7 Å². The molecule has 1 atom stereocenters. The van der Waals surface area contributed by atoms with Gasteiger partial charge in [-0.15, -0.1) is 0 Å². The Morgan fingerprint density at radius 3 is 2.58 bits per heavy atom. The molecule has 1 aromatic heterocycles. The Hall–Kier alpha value is -4.28. The van der Waals surface area contributed by atoms with E-state index in [1.807, 2.05) is 11.0 Å². The molecule has 1 unspecified atom stereocenters. The molecule has 2 heterocycles. The second kappa shape index (κ2) is 10.1. The van der Waals surface area contributed by atoms with E-state index in [4.69, 9.17) is 4.74 Å². The summed E-state index contributed by atoms with van der Waals surface area (Å²) in [7, 11) is 0. The summed E-state index contributed by atoms with van der Waals surface area (Å²) >= 11 is 0. The number of aromatic amines is 2. The van der Waals surface area contributed by atoms with E-state index >= 15 is 0 Å². The molecule has 0 radical (unpaired) electrons. The molecule has 0 aliphatic carbocycles. The molecular formula is C25H23F3N4O4. The van der Waals surface area contributed by atoms with Crippen LogP contribution >= 0.6 is 0 Å². The number of amides is 1. The first kappa shape index (κ1) is 24.8. The highest BCUT2D eigenvalue weighted by molar-refractivity contribution is 5.86. The average molecular weight is 500 g/mol. The van der Waals surface area contributed by atoms with Crippen molar-refractivity contribution in [1.82, 2.24) is 15.3 Å². The van der Waals surface area contributed by atoms with Gasteiger partial charge in [-0.2, -0.15) is 13.2 Å². The summed E-state index contributed by atoms with van der Waals surface area (Å²) in [5, 5.41) is 2.77. The first-order chi connectivity index (χ1) is 17.1. The zero-order valence-electron chi connectivity index (χ0n) is 19.0. The Kier molecular flexibility index (Phi) is 7.00. The highest BCUT2D eigenvalue weighted by Gasteiger charge is 2.32. The van der Waals surface area contributed by atoms with Gasteiger partial charge in [-0.1, -0.05) is 12.6 Å². The Morgan fingerprint density at radius 2 is 1.92 bits per heavy atom. The van der Waals surface area contributed by atoms with Gasteiger partial charge in [-0.05, 0) is 54.8 Å². The van der Waals surface area contributed by atoms with Crippen molar-refractivity contribution in [2.45, 2.75) is 19.2 Å². The third-order valence-corrected chi connectivity index (χ3v) is 5.79. The quantitative estimate of drug-likeness (QED) is 0.432. The predicted octanol–water partition coefficient (Wildman–Crippen LogP) is 3.27. The van der Waals surface area contributed by atoms with Crippen molar-refractivity contribution in [3.8, 4) is 5.75 Å². The molecule has 2 aromatic carbocycles. The number of H-pyrrole nitrogens is 2. The summed E-state index contributed by atoms with van der Waals surface area (Å²) in [6, 6.07) is 11.4. The number of aromatic nitrogens is 2. The number of hydrogen-bond donors (Lipinski definition) is 3. The molecule has 3 aromatic rings. The van der Waals surface area contributed by atoms with Crippen LogP contribution in [0.3, 0.4) is 0 Å². The van der Waals surface area contributed by atoms with Crippen LogP contribution in [0.5, 0.6) is 5.75 Å². The first-order valence-corrected chi connectivity index (χ1v) is 11.1. The predicted molar refractivity (Wildman–Crippen MR) is 127 cm³/mol. The van der Waals surface area contributed by atoms with Gasteiger partial charge >= 0.3 is 11.9 Å². The number of anilines is 2. The summed E-state index contributed by atoms with van der Waals surface area (Å²) in [4.78, 5) is 41.3. The Labute approximate surface area is 203 Å². The number of carbonyl (C=O) groups is 1. The number of fused-ring (bicyclic) bond motifs is 1. The Bertz CT molecular complexity index is 1350. The lowest BCUT2D eigenvalue weighted by molar-refractivity contribution is -0.137. The van der Waals surface area contributed by atoms with E-state index < -0.39 is 23.0 Å². The maximum Gasteiger partial charge on any atom is 0.416 e. The first-order valence-electron chi connectivity index (χ1n) is 11.1. The normalized spacial score (nSPS) is 15.2. The summed E-state index contributed by atoms with van der Waals surface area (Å²) in [6.07, 6.45) is -2.76. The lowest BCUT2D eigenvalue weighted by Crippen LogP contribution is -2.39. The van der Waals surface area contributed by atoms with Crippen LogP contribution in [0.25, 0.3) is 0 Å². The van der Waals surface area contributed by atoms with Crippen LogP contribution in [-0.4, -0.2) is 29.0 Å². The van der Waals surface area contributed by atoms with E-state index in [0.29, 0.717) is 30.9 Å². The fourth-order valence-corrected chi connectivity index (χ4v) is 4.14. The van der Waals surface area contributed by atoms with Crippen molar-refractivity contribution in [2.24, 2.45) is 5.92 Å². The second-order valence-electron chi connectivity index (χ2n) is 8.33.